The molecule has 0 saturated heterocycles. The molecule has 2 aromatic heterocycles. The summed E-state index contributed by atoms with van der Waals surface area (Å²) in [4.78, 5) is 30.1. The number of hydrogen-bond acceptors (Lipinski definition) is 6. The fourth-order valence-corrected chi connectivity index (χ4v) is 4.62. The molecule has 0 aliphatic carbocycles. The van der Waals surface area contributed by atoms with Crippen molar-refractivity contribution in [2.24, 2.45) is 0 Å². The van der Waals surface area contributed by atoms with E-state index < -0.39 is 5.91 Å². The molecule has 9 nitrogen and oxygen atoms in total. The lowest BCUT2D eigenvalue weighted by atomic mass is 10.1. The summed E-state index contributed by atoms with van der Waals surface area (Å²) in [6.07, 6.45) is 2.94. The van der Waals surface area contributed by atoms with Crippen LogP contribution < -0.4 is 15.5 Å². The number of carbonyl (C=O) groups is 2. The normalized spacial score (nSPS) is 11.3. The Balaban J connectivity index is 1.20. The summed E-state index contributed by atoms with van der Waals surface area (Å²) in [5, 5.41) is 13.7. The average Bonchev–Trinajstić information content (AvgIpc) is 3.55. The molecule has 39 heavy (non-hydrogen) atoms. The van der Waals surface area contributed by atoms with Gasteiger partial charge in [-0.3, -0.25) is 14.8 Å². The predicted octanol–water partition coefficient (Wildman–Crippen LogP) is 4.52. The molecule has 0 radical (unpaired) electrons. The van der Waals surface area contributed by atoms with Crippen molar-refractivity contribution in [1.82, 2.24) is 20.7 Å². The number of amides is 2. The first-order valence-corrected chi connectivity index (χ1v) is 12.7. The maximum Gasteiger partial charge on any atom is 0.287 e. The second-order valence-corrected chi connectivity index (χ2v) is 9.32. The van der Waals surface area contributed by atoms with Gasteiger partial charge < -0.3 is 24.4 Å². The number of nitrogens with one attached hydrogen (secondary N) is 3. The molecule has 0 unspecified atom stereocenters. The van der Waals surface area contributed by atoms with E-state index in [-0.39, 0.29) is 19.1 Å². The summed E-state index contributed by atoms with van der Waals surface area (Å²) in [6.45, 7) is 1.88. The molecule has 0 bridgehead atoms. The molecule has 2 heterocycles. The van der Waals surface area contributed by atoms with Gasteiger partial charge in [0.1, 0.15) is 17.9 Å². The van der Waals surface area contributed by atoms with Crippen molar-refractivity contribution in [1.29, 1.82) is 0 Å². The van der Waals surface area contributed by atoms with E-state index in [2.05, 4.69) is 33.5 Å². The monoisotopic (exact) mass is 526 g/mol. The van der Waals surface area contributed by atoms with E-state index in [1.807, 2.05) is 43.4 Å². The van der Waals surface area contributed by atoms with Gasteiger partial charge in [0.05, 0.1) is 6.54 Å². The van der Waals surface area contributed by atoms with E-state index in [1.54, 1.807) is 17.6 Å². The first-order chi connectivity index (χ1) is 19.0. The first-order valence-electron chi connectivity index (χ1n) is 12.7. The highest BCUT2D eigenvalue weighted by Crippen LogP contribution is 2.27. The zero-order chi connectivity index (χ0) is 27.2. The van der Waals surface area contributed by atoms with Crippen molar-refractivity contribution in [3.8, 4) is 5.75 Å². The topological polar surface area (TPSA) is 120 Å². The van der Waals surface area contributed by atoms with E-state index in [0.29, 0.717) is 29.2 Å². The number of aromatic amines is 1. The Morgan fingerprint density at radius 3 is 2.51 bits per heavy atom. The van der Waals surface area contributed by atoms with Crippen LogP contribution in [0.4, 0.5) is 0 Å². The van der Waals surface area contributed by atoms with Crippen LogP contribution in [0.5, 0.6) is 5.75 Å². The predicted molar refractivity (Wildman–Crippen MR) is 148 cm³/mol. The summed E-state index contributed by atoms with van der Waals surface area (Å²) < 4.78 is 11.7. The minimum Gasteiger partial charge on any atom is -0.492 e. The lowest BCUT2D eigenvalue weighted by Gasteiger charge is -2.17. The van der Waals surface area contributed by atoms with Crippen molar-refractivity contribution in [2.45, 2.75) is 13.0 Å². The minimum absolute atomic E-state index is 0.234. The van der Waals surface area contributed by atoms with Crippen LogP contribution in [0.1, 0.15) is 32.0 Å². The molecule has 0 spiro atoms. The Labute approximate surface area is 225 Å². The van der Waals surface area contributed by atoms with Crippen LogP contribution in [0, 0.1) is 0 Å². The quantitative estimate of drug-likeness (QED) is 0.114. The van der Waals surface area contributed by atoms with Crippen LogP contribution in [0.25, 0.3) is 21.9 Å². The number of aromatic nitrogens is 1. The number of likely N-dealkylation sites (N-methyl/N-ethyl adjacent to an activating group) is 1. The van der Waals surface area contributed by atoms with Crippen molar-refractivity contribution in [3.05, 3.63) is 101 Å². The number of fused-ring (bicyclic) bond motifs is 2. The average molecular weight is 527 g/mol. The molecule has 4 N–H and O–H groups in total. The lowest BCUT2D eigenvalue weighted by Crippen LogP contribution is -2.29. The molecule has 2 amide bonds. The van der Waals surface area contributed by atoms with E-state index in [9.17, 15) is 9.59 Å². The largest absolute Gasteiger partial charge is 0.492 e. The number of para-hydroxylation sites is 2. The third-order valence-corrected chi connectivity index (χ3v) is 6.64. The molecule has 9 heteroatoms. The Morgan fingerprint density at radius 1 is 0.974 bits per heavy atom. The number of H-pyrrole nitrogens is 1. The fraction of sp³-hybridized carbons (Fsp3) is 0.200. The fourth-order valence-electron chi connectivity index (χ4n) is 4.62. The summed E-state index contributed by atoms with van der Waals surface area (Å²) in [5.74, 6) is -0.0571. The van der Waals surface area contributed by atoms with Gasteiger partial charge in [-0.25, -0.2) is 5.48 Å². The molecule has 0 atom stereocenters. The lowest BCUT2D eigenvalue weighted by molar-refractivity contribution is 0.0706. The second-order valence-electron chi connectivity index (χ2n) is 9.32. The third-order valence-electron chi connectivity index (χ3n) is 6.64. The zero-order valence-corrected chi connectivity index (χ0v) is 21.6. The van der Waals surface area contributed by atoms with Gasteiger partial charge in [0.2, 0.25) is 0 Å². The van der Waals surface area contributed by atoms with Gasteiger partial charge in [0, 0.05) is 46.7 Å². The molecule has 0 aliphatic heterocycles. The Kier molecular flexibility index (Phi) is 7.91. The maximum atomic E-state index is 13.1. The molecule has 3 aromatic carbocycles. The number of benzene rings is 3. The Hall–Kier alpha value is -4.60. The molecule has 5 rings (SSSR count). The number of hydrogen-bond donors (Lipinski definition) is 4. The zero-order valence-electron chi connectivity index (χ0n) is 21.6. The third kappa shape index (κ3) is 5.95. The number of ether oxygens (including phenoxy) is 1. The second kappa shape index (κ2) is 11.8. The molecule has 0 aliphatic rings. The summed E-state index contributed by atoms with van der Waals surface area (Å²) in [6, 6.07) is 22.3. The van der Waals surface area contributed by atoms with Crippen LogP contribution in [-0.2, 0) is 13.0 Å². The van der Waals surface area contributed by atoms with Crippen LogP contribution in [0.2, 0.25) is 0 Å². The van der Waals surface area contributed by atoms with Gasteiger partial charge in [-0.2, -0.15) is 0 Å². The van der Waals surface area contributed by atoms with Gasteiger partial charge in [-0.15, -0.1) is 0 Å². The number of furan rings is 1. The van der Waals surface area contributed by atoms with Gasteiger partial charge in [0.25, 0.3) is 11.8 Å². The molecule has 200 valence electrons. The summed E-state index contributed by atoms with van der Waals surface area (Å²) in [7, 11) is 2.04. The standard InChI is InChI=1S/C30H30N4O5/c1-34(16-14-21-18-32-26-8-4-2-6-23(21)26)19-25-24-7-3-5-9-27(24)39-28(25)30(36)31-15-17-38-22-12-10-20(11-13-22)29(35)33-37/h2-13,18,32,37H,14-17,19H2,1H3,(H,31,36)(H,33,35). The number of hydroxylamine groups is 1. The van der Waals surface area contributed by atoms with Crippen LogP contribution in [-0.4, -0.2) is 53.6 Å². The molecule has 5 aromatic rings. The van der Waals surface area contributed by atoms with Crippen molar-refractivity contribution >= 4 is 33.7 Å². The number of rotatable bonds is 11. The highest BCUT2D eigenvalue weighted by Gasteiger charge is 2.21. The van der Waals surface area contributed by atoms with E-state index in [1.165, 1.54) is 23.1 Å². The summed E-state index contributed by atoms with van der Waals surface area (Å²) >= 11 is 0. The van der Waals surface area contributed by atoms with Crippen molar-refractivity contribution in [2.75, 3.05) is 26.7 Å². The van der Waals surface area contributed by atoms with Crippen LogP contribution >= 0.6 is 0 Å². The van der Waals surface area contributed by atoms with Crippen LogP contribution in [0.3, 0.4) is 0 Å². The van der Waals surface area contributed by atoms with E-state index in [4.69, 9.17) is 14.4 Å². The van der Waals surface area contributed by atoms with Crippen LogP contribution in [0.15, 0.2) is 83.4 Å². The molecular weight excluding hydrogens is 496 g/mol. The van der Waals surface area contributed by atoms with E-state index >= 15 is 0 Å². The van der Waals surface area contributed by atoms with Gasteiger partial charge >= 0.3 is 0 Å². The van der Waals surface area contributed by atoms with Gasteiger partial charge in [-0.05, 0) is 55.4 Å². The van der Waals surface area contributed by atoms with Crippen molar-refractivity contribution < 1.29 is 24.0 Å². The molecule has 0 fully saturated rings. The molecule has 0 saturated carbocycles. The number of carbonyl (C=O) groups excluding carboxylic acids is 2. The highest BCUT2D eigenvalue weighted by molar-refractivity contribution is 5.99. The van der Waals surface area contributed by atoms with Gasteiger partial charge in [0.15, 0.2) is 5.76 Å². The first kappa shape index (κ1) is 26.0. The number of nitrogens with zero attached hydrogens (tertiary/aromatic N) is 1. The SMILES string of the molecule is CN(CCc1c[nH]c2ccccc12)Cc1c(C(=O)NCCOc2ccc(C(=O)NO)cc2)oc2ccccc12. The minimum atomic E-state index is -0.598. The highest BCUT2D eigenvalue weighted by atomic mass is 16.5. The summed E-state index contributed by atoms with van der Waals surface area (Å²) in [5.41, 5.74) is 5.81. The Bertz CT molecular complexity index is 1590. The molecular formula is C30H30N4O5. The van der Waals surface area contributed by atoms with Gasteiger partial charge in [-0.1, -0.05) is 36.4 Å². The van der Waals surface area contributed by atoms with Crippen molar-refractivity contribution in [3.63, 3.8) is 0 Å². The Morgan fingerprint density at radius 2 is 1.72 bits per heavy atom. The maximum absolute atomic E-state index is 13.1. The smallest absolute Gasteiger partial charge is 0.287 e. The van der Waals surface area contributed by atoms with E-state index in [0.717, 1.165) is 29.4 Å².